The molecule has 4 nitrogen and oxygen atoms in total. The maximum atomic E-state index is 5.43. The molecule has 11 heavy (non-hydrogen) atoms. The van der Waals surface area contributed by atoms with Gasteiger partial charge in [-0.3, -0.25) is 0 Å². The monoisotopic (exact) mass is 176 g/mol. The van der Waals surface area contributed by atoms with Gasteiger partial charge in [-0.1, -0.05) is 5.10 Å². The average molecular weight is 177 g/mol. The highest BCUT2D eigenvalue weighted by Crippen LogP contribution is 2.23. The molecule has 1 aromatic heterocycles. The van der Waals surface area contributed by atoms with E-state index in [1.807, 2.05) is 13.8 Å². The van der Waals surface area contributed by atoms with Gasteiger partial charge in [-0.25, -0.2) is 0 Å². The van der Waals surface area contributed by atoms with Gasteiger partial charge >= 0.3 is 5.35 Å². The summed E-state index contributed by atoms with van der Waals surface area (Å²) < 4.78 is 10.0. The zero-order valence-electron chi connectivity index (χ0n) is 6.59. The highest BCUT2D eigenvalue weighted by atomic mass is 35.5. The highest BCUT2D eigenvalue weighted by Gasteiger charge is 2.26. The lowest BCUT2D eigenvalue weighted by Crippen LogP contribution is -2.19. The molecule has 0 aliphatic rings. The van der Waals surface area contributed by atoms with E-state index in [2.05, 4.69) is 10.2 Å². The fourth-order valence-corrected chi connectivity index (χ4v) is 0.647. The van der Waals surface area contributed by atoms with Crippen LogP contribution >= 0.6 is 11.6 Å². The van der Waals surface area contributed by atoms with Crippen LogP contribution in [0.5, 0.6) is 0 Å². The number of hydrogen-bond donors (Lipinski definition) is 0. The second-order valence-electron chi connectivity index (χ2n) is 2.57. The van der Waals surface area contributed by atoms with Crippen molar-refractivity contribution in [3.63, 3.8) is 0 Å². The molecular formula is C6H9ClN2O2. The summed E-state index contributed by atoms with van der Waals surface area (Å²) in [6.07, 6.45) is 0. The van der Waals surface area contributed by atoms with E-state index in [9.17, 15) is 0 Å². The van der Waals surface area contributed by atoms with Crippen LogP contribution in [-0.4, -0.2) is 17.3 Å². The van der Waals surface area contributed by atoms with Crippen LogP contribution in [0.1, 0.15) is 19.7 Å². The maximum Gasteiger partial charge on any atom is 0.312 e. The molecule has 0 aliphatic carbocycles. The van der Waals surface area contributed by atoms with Crippen molar-refractivity contribution in [1.29, 1.82) is 0 Å². The summed E-state index contributed by atoms with van der Waals surface area (Å²) in [5.74, 6) is 0.380. The maximum absolute atomic E-state index is 5.43. The predicted molar refractivity (Wildman–Crippen MR) is 39.3 cm³/mol. The lowest BCUT2D eigenvalue weighted by molar-refractivity contribution is -0.00373. The molecule has 5 heteroatoms. The van der Waals surface area contributed by atoms with Crippen LogP contribution in [0.25, 0.3) is 0 Å². The minimum absolute atomic E-state index is 0.0325. The average Bonchev–Trinajstić information content (AvgIpc) is 2.36. The fraction of sp³-hybridized carbons (Fsp3) is 0.667. The van der Waals surface area contributed by atoms with E-state index in [1.165, 1.54) is 0 Å². The van der Waals surface area contributed by atoms with Crippen molar-refractivity contribution in [2.24, 2.45) is 0 Å². The number of rotatable bonds is 2. The van der Waals surface area contributed by atoms with Gasteiger partial charge in [0.1, 0.15) is 5.60 Å². The molecule has 0 bridgehead atoms. The molecule has 0 saturated heterocycles. The first-order valence-corrected chi connectivity index (χ1v) is 3.48. The number of ether oxygens (including phenoxy) is 1. The summed E-state index contributed by atoms with van der Waals surface area (Å²) in [4.78, 5) is 0. The van der Waals surface area contributed by atoms with Crippen LogP contribution in [0.4, 0.5) is 0 Å². The van der Waals surface area contributed by atoms with Crippen molar-refractivity contribution in [2.75, 3.05) is 7.11 Å². The number of halogens is 1. The SMILES string of the molecule is COC(C)(C)c1nnc(Cl)o1. The number of nitrogens with zero attached hydrogens (tertiary/aromatic N) is 2. The van der Waals surface area contributed by atoms with E-state index in [0.717, 1.165) is 0 Å². The van der Waals surface area contributed by atoms with Crippen molar-refractivity contribution in [2.45, 2.75) is 19.4 Å². The van der Waals surface area contributed by atoms with Crippen LogP contribution in [0.3, 0.4) is 0 Å². The molecule has 0 N–H and O–H groups in total. The van der Waals surface area contributed by atoms with Gasteiger partial charge in [-0.15, -0.1) is 5.10 Å². The molecule has 0 amide bonds. The van der Waals surface area contributed by atoms with Gasteiger partial charge in [0.2, 0.25) is 5.89 Å². The van der Waals surface area contributed by atoms with Crippen LogP contribution in [0.2, 0.25) is 5.35 Å². The quantitative estimate of drug-likeness (QED) is 0.687. The Hall–Kier alpha value is -0.610. The Morgan fingerprint density at radius 3 is 2.45 bits per heavy atom. The molecule has 0 atom stereocenters. The Morgan fingerprint density at radius 1 is 1.45 bits per heavy atom. The Kier molecular flexibility index (Phi) is 2.15. The van der Waals surface area contributed by atoms with E-state index in [-0.39, 0.29) is 5.35 Å². The molecule has 1 rings (SSSR count). The first kappa shape index (κ1) is 8.49. The molecule has 0 radical (unpaired) electrons. The largest absolute Gasteiger partial charge is 0.409 e. The highest BCUT2D eigenvalue weighted by molar-refractivity contribution is 6.27. The molecule has 0 aliphatic heterocycles. The van der Waals surface area contributed by atoms with Crippen LogP contribution < -0.4 is 0 Å². The van der Waals surface area contributed by atoms with Gasteiger partial charge in [-0.2, -0.15) is 0 Å². The van der Waals surface area contributed by atoms with Gasteiger partial charge in [0.25, 0.3) is 0 Å². The lowest BCUT2D eigenvalue weighted by atomic mass is 10.1. The molecule has 0 saturated carbocycles. The number of methoxy groups -OCH3 is 1. The van der Waals surface area contributed by atoms with Crippen molar-refractivity contribution < 1.29 is 9.15 Å². The molecule has 0 spiro atoms. The summed E-state index contributed by atoms with van der Waals surface area (Å²) >= 11 is 5.43. The number of hydrogen-bond acceptors (Lipinski definition) is 4. The van der Waals surface area contributed by atoms with Crippen LogP contribution in [0, 0.1) is 0 Å². The minimum Gasteiger partial charge on any atom is -0.409 e. The Labute approximate surface area is 69.5 Å². The van der Waals surface area contributed by atoms with E-state index in [0.29, 0.717) is 5.89 Å². The summed E-state index contributed by atoms with van der Waals surface area (Å²) in [5, 5.41) is 7.22. The smallest absolute Gasteiger partial charge is 0.312 e. The second kappa shape index (κ2) is 2.79. The molecule has 0 fully saturated rings. The lowest BCUT2D eigenvalue weighted by Gasteiger charge is -2.16. The Morgan fingerprint density at radius 2 is 2.09 bits per heavy atom. The molecule has 0 unspecified atom stereocenters. The zero-order chi connectivity index (χ0) is 8.48. The first-order chi connectivity index (χ1) is 5.06. The van der Waals surface area contributed by atoms with E-state index >= 15 is 0 Å². The normalized spacial score (nSPS) is 12.0. The molecule has 62 valence electrons. The summed E-state index contributed by atoms with van der Waals surface area (Å²) in [5.41, 5.74) is -0.569. The van der Waals surface area contributed by atoms with E-state index < -0.39 is 5.60 Å². The van der Waals surface area contributed by atoms with Gasteiger partial charge in [-0.05, 0) is 25.4 Å². The third-order valence-electron chi connectivity index (χ3n) is 1.43. The van der Waals surface area contributed by atoms with Crippen molar-refractivity contribution in [3.05, 3.63) is 11.2 Å². The van der Waals surface area contributed by atoms with Crippen molar-refractivity contribution in [1.82, 2.24) is 10.2 Å². The van der Waals surface area contributed by atoms with Crippen molar-refractivity contribution >= 4 is 11.6 Å². The predicted octanol–water partition coefficient (Wildman–Crippen LogP) is 1.60. The molecule has 1 heterocycles. The molecular weight excluding hydrogens is 168 g/mol. The van der Waals surface area contributed by atoms with Crippen LogP contribution in [-0.2, 0) is 10.3 Å². The standard InChI is InChI=1S/C6H9ClN2O2/c1-6(2,10-3)4-8-9-5(7)11-4/h1-3H3. The summed E-state index contributed by atoms with van der Waals surface area (Å²) in [6, 6.07) is 0. The third-order valence-corrected chi connectivity index (χ3v) is 1.58. The van der Waals surface area contributed by atoms with Gasteiger partial charge in [0, 0.05) is 7.11 Å². The fourth-order valence-electron chi connectivity index (χ4n) is 0.536. The molecule has 0 aromatic carbocycles. The first-order valence-electron chi connectivity index (χ1n) is 3.11. The Bertz CT molecular complexity index is 246. The minimum atomic E-state index is -0.569. The zero-order valence-corrected chi connectivity index (χ0v) is 7.34. The van der Waals surface area contributed by atoms with E-state index in [1.54, 1.807) is 7.11 Å². The van der Waals surface area contributed by atoms with E-state index in [4.69, 9.17) is 20.8 Å². The van der Waals surface area contributed by atoms with Gasteiger partial charge < -0.3 is 9.15 Å². The summed E-state index contributed by atoms with van der Waals surface area (Å²) in [6.45, 7) is 3.63. The second-order valence-corrected chi connectivity index (χ2v) is 2.90. The summed E-state index contributed by atoms with van der Waals surface area (Å²) in [7, 11) is 1.57. The van der Waals surface area contributed by atoms with Crippen molar-refractivity contribution in [3.8, 4) is 0 Å². The molecule has 1 aromatic rings. The van der Waals surface area contributed by atoms with Gasteiger partial charge in [0.05, 0.1) is 0 Å². The third kappa shape index (κ3) is 1.70. The Balaban J connectivity index is 2.92. The topological polar surface area (TPSA) is 48.2 Å². The van der Waals surface area contributed by atoms with Gasteiger partial charge in [0.15, 0.2) is 0 Å². The van der Waals surface area contributed by atoms with Crippen LogP contribution in [0.15, 0.2) is 4.42 Å². The number of aromatic nitrogens is 2.